The third-order valence-corrected chi connectivity index (χ3v) is 4.39. The molecule has 1 aromatic heterocycles. The van der Waals surface area contributed by atoms with Gasteiger partial charge in [-0.2, -0.15) is 0 Å². The molecule has 2 aromatic carbocycles. The van der Waals surface area contributed by atoms with Crippen LogP contribution in [0.25, 0.3) is 11.1 Å². The Kier molecular flexibility index (Phi) is 4.90. The molecule has 1 atom stereocenters. The molecule has 3 aromatic rings. The Morgan fingerprint density at radius 3 is 2.65 bits per heavy atom. The summed E-state index contributed by atoms with van der Waals surface area (Å²) >= 11 is 0. The number of carbonyl (C=O) groups excluding carboxylic acids is 1. The molecule has 136 valence electrons. The third kappa shape index (κ3) is 3.39. The number of benzene rings is 2. The fourth-order valence-corrected chi connectivity index (χ4v) is 2.80. The van der Waals surface area contributed by atoms with E-state index in [2.05, 4.69) is 5.32 Å². The zero-order valence-electron chi connectivity index (χ0n) is 14.5. The number of hydrogen-bond acceptors (Lipinski definition) is 4. The molecule has 0 aliphatic rings. The van der Waals surface area contributed by atoms with Crippen molar-refractivity contribution in [3.8, 4) is 0 Å². The van der Waals surface area contributed by atoms with Gasteiger partial charge in [0.1, 0.15) is 18.0 Å². The maximum atomic E-state index is 14.1. The number of fused-ring (bicyclic) bond motifs is 1. The van der Waals surface area contributed by atoms with Gasteiger partial charge in [0.15, 0.2) is 5.58 Å². The summed E-state index contributed by atoms with van der Waals surface area (Å²) in [7, 11) is 1.45. The van der Waals surface area contributed by atoms with Crippen LogP contribution in [0.4, 0.5) is 4.39 Å². The fourth-order valence-electron chi connectivity index (χ4n) is 2.80. The molecule has 1 N–H and O–H groups in total. The Morgan fingerprint density at radius 2 is 1.92 bits per heavy atom. The van der Waals surface area contributed by atoms with Crippen molar-refractivity contribution in [3.05, 3.63) is 70.5 Å². The first-order valence-corrected chi connectivity index (χ1v) is 8.10. The average molecular weight is 358 g/mol. The first-order valence-electron chi connectivity index (χ1n) is 8.10. The van der Waals surface area contributed by atoms with Gasteiger partial charge in [-0.25, -0.2) is 9.18 Å². The predicted octanol–water partition coefficient (Wildman–Crippen LogP) is 2.41. The van der Waals surface area contributed by atoms with Gasteiger partial charge in [-0.3, -0.25) is 9.36 Å². The zero-order valence-corrected chi connectivity index (χ0v) is 14.5. The van der Waals surface area contributed by atoms with Crippen LogP contribution in [0.2, 0.25) is 0 Å². The minimum absolute atomic E-state index is 0.0494. The van der Waals surface area contributed by atoms with E-state index >= 15 is 0 Å². The van der Waals surface area contributed by atoms with Gasteiger partial charge >= 0.3 is 5.76 Å². The number of oxazole rings is 1. The number of para-hydroxylation sites is 2. The number of rotatable bonds is 6. The normalized spacial score (nSPS) is 13.5. The molecule has 0 saturated heterocycles. The number of hydrogen-bond donors (Lipinski definition) is 1. The number of carbonyl (C=O) groups is 1. The molecule has 3 rings (SSSR count). The molecule has 6 nitrogen and oxygen atoms in total. The van der Waals surface area contributed by atoms with Crippen LogP contribution >= 0.6 is 0 Å². The van der Waals surface area contributed by atoms with E-state index in [4.69, 9.17) is 9.15 Å². The van der Waals surface area contributed by atoms with Gasteiger partial charge < -0.3 is 14.5 Å². The second-order valence-corrected chi connectivity index (χ2v) is 6.11. The molecule has 0 aliphatic heterocycles. The second-order valence-electron chi connectivity index (χ2n) is 6.11. The topological polar surface area (TPSA) is 73.5 Å². The maximum absolute atomic E-state index is 14.1. The number of ether oxygens (including phenoxy) is 1. The smallest absolute Gasteiger partial charge is 0.408 e. The summed E-state index contributed by atoms with van der Waals surface area (Å²) in [5.41, 5.74) is 0.258. The number of aromatic nitrogens is 1. The molecule has 0 radical (unpaired) electrons. The van der Waals surface area contributed by atoms with E-state index < -0.39 is 23.1 Å². The van der Waals surface area contributed by atoms with Crippen molar-refractivity contribution in [1.82, 2.24) is 9.88 Å². The Hall–Kier alpha value is -2.93. The summed E-state index contributed by atoms with van der Waals surface area (Å²) in [6.45, 7) is 1.53. The summed E-state index contributed by atoms with van der Waals surface area (Å²) < 4.78 is 25.9. The largest absolute Gasteiger partial charge is 0.420 e. The van der Waals surface area contributed by atoms with Crippen LogP contribution in [0, 0.1) is 5.82 Å². The van der Waals surface area contributed by atoms with Gasteiger partial charge in [0.05, 0.1) is 12.1 Å². The standard InChI is InChI=1S/C19H19FN2O4/c1-19(25-2,13-7-3-4-8-14(13)20)12-21-17(23)11-22-15-9-5-6-10-16(15)26-18(22)24/h3-10H,11-12H2,1-2H3,(H,21,23). The minimum Gasteiger partial charge on any atom is -0.408 e. The van der Waals surface area contributed by atoms with Crippen LogP contribution in [0.3, 0.4) is 0 Å². The van der Waals surface area contributed by atoms with E-state index in [1.54, 1.807) is 49.4 Å². The SMILES string of the molecule is COC(C)(CNC(=O)Cn1c(=O)oc2ccccc21)c1ccccc1F. The summed E-state index contributed by atoms with van der Waals surface area (Å²) in [4.78, 5) is 24.3. The lowest BCUT2D eigenvalue weighted by molar-refractivity contribution is -0.123. The van der Waals surface area contributed by atoms with E-state index in [-0.39, 0.29) is 13.1 Å². The van der Waals surface area contributed by atoms with Gasteiger partial charge in [0, 0.05) is 12.7 Å². The molecular weight excluding hydrogens is 339 g/mol. The first kappa shape index (κ1) is 17.9. The molecule has 1 heterocycles. The van der Waals surface area contributed by atoms with Crippen LogP contribution in [-0.2, 0) is 21.7 Å². The summed E-state index contributed by atoms with van der Waals surface area (Å²) in [6, 6.07) is 13.1. The lowest BCUT2D eigenvalue weighted by Gasteiger charge is -2.29. The zero-order chi connectivity index (χ0) is 18.7. The van der Waals surface area contributed by atoms with Crippen molar-refractivity contribution in [2.45, 2.75) is 19.1 Å². The van der Waals surface area contributed by atoms with Gasteiger partial charge in [0.25, 0.3) is 0 Å². The van der Waals surface area contributed by atoms with Gasteiger partial charge in [-0.1, -0.05) is 30.3 Å². The number of nitrogens with one attached hydrogen (secondary N) is 1. The Morgan fingerprint density at radius 1 is 1.23 bits per heavy atom. The Bertz CT molecular complexity index is 994. The van der Waals surface area contributed by atoms with E-state index in [1.165, 1.54) is 17.7 Å². The van der Waals surface area contributed by atoms with E-state index in [9.17, 15) is 14.0 Å². The molecule has 1 unspecified atom stereocenters. The molecule has 26 heavy (non-hydrogen) atoms. The highest BCUT2D eigenvalue weighted by molar-refractivity contribution is 5.79. The van der Waals surface area contributed by atoms with Gasteiger partial charge in [-0.15, -0.1) is 0 Å². The van der Waals surface area contributed by atoms with E-state index in [0.717, 1.165) is 0 Å². The van der Waals surface area contributed by atoms with E-state index in [0.29, 0.717) is 16.7 Å². The Balaban J connectivity index is 1.74. The molecule has 1 amide bonds. The van der Waals surface area contributed by atoms with Crippen LogP contribution in [0.5, 0.6) is 0 Å². The van der Waals surface area contributed by atoms with Crippen molar-refractivity contribution in [2.75, 3.05) is 13.7 Å². The molecule has 0 aliphatic carbocycles. The van der Waals surface area contributed by atoms with Crippen LogP contribution < -0.4 is 11.1 Å². The van der Waals surface area contributed by atoms with Crippen LogP contribution in [0.1, 0.15) is 12.5 Å². The highest BCUT2D eigenvalue weighted by atomic mass is 19.1. The molecule has 0 spiro atoms. The van der Waals surface area contributed by atoms with Crippen molar-refractivity contribution in [2.24, 2.45) is 0 Å². The van der Waals surface area contributed by atoms with Gasteiger partial charge in [0.2, 0.25) is 5.91 Å². The average Bonchev–Trinajstić information content (AvgIpc) is 2.95. The highest BCUT2D eigenvalue weighted by Gasteiger charge is 2.29. The highest BCUT2D eigenvalue weighted by Crippen LogP contribution is 2.26. The first-order chi connectivity index (χ1) is 12.4. The Labute approximate surface area is 149 Å². The van der Waals surface area contributed by atoms with Crippen molar-refractivity contribution < 1.29 is 18.3 Å². The monoisotopic (exact) mass is 358 g/mol. The van der Waals surface area contributed by atoms with Crippen molar-refractivity contribution in [3.63, 3.8) is 0 Å². The summed E-state index contributed by atoms with van der Waals surface area (Å²) in [5.74, 6) is -1.42. The predicted molar refractivity (Wildman–Crippen MR) is 94.2 cm³/mol. The number of methoxy groups -OCH3 is 1. The maximum Gasteiger partial charge on any atom is 0.420 e. The molecule has 0 bridgehead atoms. The van der Waals surface area contributed by atoms with E-state index in [1.807, 2.05) is 0 Å². The third-order valence-electron chi connectivity index (χ3n) is 4.39. The second kappa shape index (κ2) is 7.13. The lowest BCUT2D eigenvalue weighted by Crippen LogP contribution is -2.42. The quantitative estimate of drug-likeness (QED) is 0.734. The minimum atomic E-state index is -1.04. The van der Waals surface area contributed by atoms with Gasteiger partial charge in [-0.05, 0) is 25.1 Å². The fraction of sp³-hybridized carbons (Fsp3) is 0.263. The molecule has 0 saturated carbocycles. The summed E-state index contributed by atoms with van der Waals surface area (Å²) in [6.07, 6.45) is 0. The lowest BCUT2D eigenvalue weighted by atomic mass is 9.95. The van der Waals surface area contributed by atoms with Crippen LogP contribution in [-0.4, -0.2) is 24.1 Å². The number of nitrogens with zero attached hydrogens (tertiary/aromatic N) is 1. The molecule has 0 fully saturated rings. The number of halogens is 1. The molecular formula is C19H19FN2O4. The van der Waals surface area contributed by atoms with Crippen LogP contribution in [0.15, 0.2) is 57.7 Å². The number of amides is 1. The molecule has 7 heteroatoms. The van der Waals surface area contributed by atoms with Crippen molar-refractivity contribution in [1.29, 1.82) is 0 Å². The van der Waals surface area contributed by atoms with Crippen molar-refractivity contribution >= 4 is 17.0 Å². The summed E-state index contributed by atoms with van der Waals surface area (Å²) in [5, 5.41) is 2.70.